The van der Waals surface area contributed by atoms with Gasteiger partial charge < -0.3 is 0 Å². The molecule has 0 saturated carbocycles. The van der Waals surface area contributed by atoms with Crippen LogP contribution in [0, 0.1) is 0 Å². The van der Waals surface area contributed by atoms with Gasteiger partial charge in [-0.3, -0.25) is 4.79 Å². The first-order valence-corrected chi connectivity index (χ1v) is 7.07. The quantitative estimate of drug-likeness (QED) is 0.787. The summed E-state index contributed by atoms with van der Waals surface area (Å²) in [6.07, 6.45) is 1.21. The summed E-state index contributed by atoms with van der Waals surface area (Å²) in [5.74, 6) is 2.44. The summed E-state index contributed by atoms with van der Waals surface area (Å²) in [4.78, 5) is 11.9. The highest BCUT2D eigenvalue weighted by molar-refractivity contribution is 8.19. The fourth-order valence-electron chi connectivity index (χ4n) is 1.76. The molecule has 1 aromatic carbocycles. The third-order valence-corrected chi connectivity index (χ3v) is 6.07. The first-order chi connectivity index (χ1) is 7.26. The molecule has 1 nitrogen and oxygen atoms in total. The van der Waals surface area contributed by atoms with Gasteiger partial charge in [-0.1, -0.05) is 30.3 Å². The van der Waals surface area contributed by atoms with E-state index < -0.39 is 0 Å². The topological polar surface area (TPSA) is 17.1 Å². The van der Waals surface area contributed by atoms with Crippen LogP contribution in [0.4, 0.5) is 0 Å². The molecule has 1 aliphatic heterocycles. The summed E-state index contributed by atoms with van der Waals surface area (Å²) in [5, 5.41) is 0. The fraction of sp³-hybridized carbons (Fsp3) is 0.417. The van der Waals surface area contributed by atoms with Crippen LogP contribution in [-0.4, -0.2) is 17.3 Å². The normalized spacial score (nSPS) is 19.8. The summed E-state index contributed by atoms with van der Waals surface area (Å²) in [7, 11) is 0. The number of carbonyl (C=O) groups is 1. The van der Waals surface area contributed by atoms with E-state index in [0.717, 1.165) is 17.1 Å². The van der Waals surface area contributed by atoms with E-state index >= 15 is 0 Å². The van der Waals surface area contributed by atoms with Gasteiger partial charge in [-0.05, 0) is 30.4 Å². The number of hydrogen-bond donors (Lipinski definition) is 0. The molecule has 3 heteroatoms. The summed E-state index contributed by atoms with van der Waals surface area (Å²) >= 11 is 3.57. The standard InChI is InChI=1S/C12H14OS2/c1-10(13)12(14-8-5-9-15-12)11-6-3-2-4-7-11/h2-4,6-7H,5,8-9H2,1H3. The van der Waals surface area contributed by atoms with Gasteiger partial charge in [0.1, 0.15) is 4.08 Å². The van der Waals surface area contributed by atoms with Crippen LogP contribution in [0.25, 0.3) is 0 Å². The number of benzene rings is 1. The lowest BCUT2D eigenvalue weighted by atomic mass is 10.1. The van der Waals surface area contributed by atoms with E-state index in [1.807, 2.05) is 18.2 Å². The van der Waals surface area contributed by atoms with Crippen LogP contribution < -0.4 is 0 Å². The maximum atomic E-state index is 11.9. The molecule has 1 aliphatic rings. The Morgan fingerprint density at radius 3 is 2.33 bits per heavy atom. The highest BCUT2D eigenvalue weighted by atomic mass is 32.2. The summed E-state index contributed by atoms with van der Waals surface area (Å²) in [6, 6.07) is 10.1. The first kappa shape index (κ1) is 11.1. The molecule has 1 heterocycles. The zero-order chi connectivity index (χ0) is 10.7. The van der Waals surface area contributed by atoms with E-state index in [1.165, 1.54) is 6.42 Å². The Morgan fingerprint density at radius 2 is 1.80 bits per heavy atom. The van der Waals surface area contributed by atoms with Crippen LogP contribution in [0.5, 0.6) is 0 Å². The number of ketones is 1. The second kappa shape index (κ2) is 4.62. The van der Waals surface area contributed by atoms with Gasteiger partial charge >= 0.3 is 0 Å². The van der Waals surface area contributed by atoms with Crippen molar-refractivity contribution < 1.29 is 4.79 Å². The Balaban J connectivity index is 2.38. The van der Waals surface area contributed by atoms with Gasteiger partial charge in [0.15, 0.2) is 5.78 Å². The van der Waals surface area contributed by atoms with Crippen molar-refractivity contribution in [3.63, 3.8) is 0 Å². The van der Waals surface area contributed by atoms with Gasteiger partial charge in [0, 0.05) is 0 Å². The van der Waals surface area contributed by atoms with Crippen molar-refractivity contribution in [1.82, 2.24) is 0 Å². The molecular formula is C12H14OS2. The van der Waals surface area contributed by atoms with Crippen LogP contribution >= 0.6 is 23.5 Å². The lowest BCUT2D eigenvalue weighted by Crippen LogP contribution is -2.30. The van der Waals surface area contributed by atoms with Crippen LogP contribution in [0.3, 0.4) is 0 Å². The lowest BCUT2D eigenvalue weighted by molar-refractivity contribution is -0.117. The van der Waals surface area contributed by atoms with Crippen molar-refractivity contribution in [3.05, 3.63) is 35.9 Å². The number of thioether (sulfide) groups is 2. The summed E-state index contributed by atoms with van der Waals surface area (Å²) in [6.45, 7) is 1.71. The van der Waals surface area contributed by atoms with Crippen molar-refractivity contribution >= 4 is 29.3 Å². The summed E-state index contributed by atoms with van der Waals surface area (Å²) < 4.78 is -0.334. The van der Waals surface area contributed by atoms with E-state index in [0.29, 0.717) is 0 Å². The maximum absolute atomic E-state index is 11.9. The Labute approximate surface area is 99.0 Å². The molecule has 0 radical (unpaired) electrons. The van der Waals surface area contributed by atoms with Gasteiger partial charge in [-0.2, -0.15) is 0 Å². The second-order valence-electron chi connectivity index (χ2n) is 3.59. The SMILES string of the molecule is CC(=O)C1(c2ccccc2)SCCCS1. The number of Topliss-reactive ketones (excluding diaryl/α,β-unsaturated/α-hetero) is 1. The van der Waals surface area contributed by atoms with Gasteiger partial charge in [0.05, 0.1) is 0 Å². The van der Waals surface area contributed by atoms with Crippen molar-refractivity contribution in [2.24, 2.45) is 0 Å². The van der Waals surface area contributed by atoms with Gasteiger partial charge in [-0.15, -0.1) is 23.5 Å². The van der Waals surface area contributed by atoms with Crippen LogP contribution in [0.15, 0.2) is 30.3 Å². The van der Waals surface area contributed by atoms with Gasteiger partial charge in [0.25, 0.3) is 0 Å². The molecule has 2 rings (SSSR count). The molecule has 0 N–H and O–H groups in total. The highest BCUT2D eigenvalue weighted by Crippen LogP contribution is 2.50. The second-order valence-corrected chi connectivity index (χ2v) is 6.47. The predicted octanol–water partition coefficient (Wildman–Crippen LogP) is 3.30. The van der Waals surface area contributed by atoms with E-state index in [2.05, 4.69) is 12.1 Å². The largest absolute Gasteiger partial charge is 0.297 e. The third kappa shape index (κ3) is 2.08. The average Bonchev–Trinajstić information content (AvgIpc) is 2.31. The number of hydrogen-bond acceptors (Lipinski definition) is 3. The van der Waals surface area contributed by atoms with Crippen molar-refractivity contribution in [2.75, 3.05) is 11.5 Å². The van der Waals surface area contributed by atoms with E-state index in [1.54, 1.807) is 30.4 Å². The van der Waals surface area contributed by atoms with Crippen molar-refractivity contribution in [1.29, 1.82) is 0 Å². The Bertz CT molecular complexity index is 342. The van der Waals surface area contributed by atoms with E-state index in [4.69, 9.17) is 0 Å². The van der Waals surface area contributed by atoms with Gasteiger partial charge in [0.2, 0.25) is 0 Å². The number of rotatable bonds is 2. The van der Waals surface area contributed by atoms with Crippen LogP contribution in [-0.2, 0) is 8.87 Å². The highest BCUT2D eigenvalue weighted by Gasteiger charge is 2.40. The molecule has 1 saturated heterocycles. The maximum Gasteiger partial charge on any atom is 0.160 e. The lowest BCUT2D eigenvalue weighted by Gasteiger charge is -2.34. The molecule has 1 fully saturated rings. The minimum atomic E-state index is -0.334. The number of carbonyl (C=O) groups excluding carboxylic acids is 1. The van der Waals surface area contributed by atoms with Crippen LogP contribution in [0.2, 0.25) is 0 Å². The average molecular weight is 238 g/mol. The Kier molecular flexibility index (Phi) is 3.42. The molecule has 1 aromatic rings. The molecule has 0 spiro atoms. The van der Waals surface area contributed by atoms with E-state index in [-0.39, 0.29) is 9.86 Å². The predicted molar refractivity (Wildman–Crippen MR) is 68.3 cm³/mol. The molecule has 0 unspecified atom stereocenters. The first-order valence-electron chi connectivity index (χ1n) is 5.10. The Morgan fingerprint density at radius 1 is 1.20 bits per heavy atom. The van der Waals surface area contributed by atoms with Crippen LogP contribution in [0.1, 0.15) is 18.9 Å². The molecule has 15 heavy (non-hydrogen) atoms. The molecule has 0 atom stereocenters. The molecule has 0 aliphatic carbocycles. The monoisotopic (exact) mass is 238 g/mol. The summed E-state index contributed by atoms with van der Waals surface area (Å²) in [5.41, 5.74) is 1.15. The fourth-order valence-corrected chi connectivity index (χ4v) is 4.94. The molecule has 0 bridgehead atoms. The zero-order valence-corrected chi connectivity index (χ0v) is 10.4. The minimum Gasteiger partial charge on any atom is -0.297 e. The molecular weight excluding hydrogens is 224 g/mol. The van der Waals surface area contributed by atoms with Crippen molar-refractivity contribution in [3.8, 4) is 0 Å². The van der Waals surface area contributed by atoms with Crippen molar-refractivity contribution in [2.45, 2.75) is 17.4 Å². The molecule has 0 amide bonds. The zero-order valence-electron chi connectivity index (χ0n) is 8.73. The smallest absolute Gasteiger partial charge is 0.160 e. The Hall–Kier alpha value is -0.410. The minimum absolute atomic E-state index is 0.267. The molecule has 80 valence electrons. The van der Waals surface area contributed by atoms with Gasteiger partial charge in [-0.25, -0.2) is 0 Å². The van der Waals surface area contributed by atoms with E-state index in [9.17, 15) is 4.79 Å². The third-order valence-electron chi connectivity index (χ3n) is 2.52. The molecule has 0 aromatic heterocycles.